The SMILES string of the molecule is Cc1ccc(NN=Cc2cccc(OCc3ccc(Cl)c(Cl)c3)c2)cc1Cl. The van der Waals surface area contributed by atoms with Gasteiger partial charge >= 0.3 is 0 Å². The van der Waals surface area contributed by atoms with E-state index < -0.39 is 0 Å². The quantitative estimate of drug-likeness (QED) is 0.345. The van der Waals surface area contributed by atoms with Crippen LogP contribution in [0.25, 0.3) is 0 Å². The number of hydrogen-bond donors (Lipinski definition) is 1. The number of aryl methyl sites for hydroxylation is 1. The average Bonchev–Trinajstić information content (AvgIpc) is 2.66. The number of hydrogen-bond acceptors (Lipinski definition) is 3. The fourth-order valence-electron chi connectivity index (χ4n) is 2.32. The van der Waals surface area contributed by atoms with E-state index in [0.29, 0.717) is 21.7 Å². The van der Waals surface area contributed by atoms with Gasteiger partial charge in [-0.3, -0.25) is 5.43 Å². The Bertz CT molecular complexity index is 973. The van der Waals surface area contributed by atoms with Gasteiger partial charge in [-0.15, -0.1) is 0 Å². The summed E-state index contributed by atoms with van der Waals surface area (Å²) in [5, 5.41) is 5.99. The van der Waals surface area contributed by atoms with E-state index in [9.17, 15) is 0 Å². The normalized spacial score (nSPS) is 11.0. The molecule has 1 N–H and O–H groups in total. The minimum atomic E-state index is 0.400. The molecule has 0 heterocycles. The smallest absolute Gasteiger partial charge is 0.120 e. The zero-order valence-electron chi connectivity index (χ0n) is 14.5. The third kappa shape index (κ3) is 5.64. The van der Waals surface area contributed by atoms with Crippen LogP contribution in [0.5, 0.6) is 5.75 Å². The molecule has 0 radical (unpaired) electrons. The van der Waals surface area contributed by atoms with Crippen LogP contribution >= 0.6 is 34.8 Å². The van der Waals surface area contributed by atoms with Crippen LogP contribution in [0.1, 0.15) is 16.7 Å². The van der Waals surface area contributed by atoms with E-state index >= 15 is 0 Å². The van der Waals surface area contributed by atoms with Crippen LogP contribution < -0.4 is 10.2 Å². The minimum absolute atomic E-state index is 0.400. The average molecular weight is 420 g/mol. The van der Waals surface area contributed by atoms with Crippen molar-refractivity contribution < 1.29 is 4.74 Å². The lowest BCUT2D eigenvalue weighted by Crippen LogP contribution is -1.96. The molecule has 0 unspecified atom stereocenters. The molecule has 3 nitrogen and oxygen atoms in total. The van der Waals surface area contributed by atoms with Crippen molar-refractivity contribution in [3.8, 4) is 5.75 Å². The van der Waals surface area contributed by atoms with E-state index in [4.69, 9.17) is 39.5 Å². The van der Waals surface area contributed by atoms with Crippen molar-refractivity contribution in [1.82, 2.24) is 0 Å². The Morgan fingerprint density at radius 2 is 1.78 bits per heavy atom. The van der Waals surface area contributed by atoms with E-state index in [-0.39, 0.29) is 0 Å². The second-order valence-electron chi connectivity index (χ2n) is 5.94. The van der Waals surface area contributed by atoms with Crippen molar-refractivity contribution >= 4 is 46.7 Å². The Morgan fingerprint density at radius 3 is 2.56 bits per heavy atom. The molecule has 0 bridgehead atoms. The first-order valence-corrected chi connectivity index (χ1v) is 9.37. The summed E-state index contributed by atoms with van der Waals surface area (Å²) in [6.07, 6.45) is 1.72. The van der Waals surface area contributed by atoms with E-state index in [2.05, 4.69) is 10.5 Å². The van der Waals surface area contributed by atoms with Crippen molar-refractivity contribution in [3.05, 3.63) is 92.4 Å². The van der Waals surface area contributed by atoms with E-state index in [1.807, 2.05) is 55.5 Å². The highest BCUT2D eigenvalue weighted by Gasteiger charge is 2.02. The number of anilines is 1. The molecule has 3 rings (SSSR count). The largest absolute Gasteiger partial charge is 0.489 e. The molecule has 0 aliphatic rings. The van der Waals surface area contributed by atoms with Gasteiger partial charge in [0.05, 0.1) is 21.9 Å². The van der Waals surface area contributed by atoms with Crippen LogP contribution in [-0.4, -0.2) is 6.21 Å². The molecular formula is C21H17Cl3N2O. The molecule has 3 aromatic carbocycles. The van der Waals surface area contributed by atoms with Gasteiger partial charge in [0, 0.05) is 5.02 Å². The number of hydrazone groups is 1. The summed E-state index contributed by atoms with van der Waals surface area (Å²) in [4.78, 5) is 0. The number of nitrogens with one attached hydrogen (secondary N) is 1. The van der Waals surface area contributed by atoms with Gasteiger partial charge in [-0.2, -0.15) is 5.10 Å². The van der Waals surface area contributed by atoms with Gasteiger partial charge in [-0.1, -0.05) is 59.1 Å². The van der Waals surface area contributed by atoms with E-state index in [1.165, 1.54) is 0 Å². The lowest BCUT2D eigenvalue weighted by Gasteiger charge is -2.08. The Kier molecular flexibility index (Phi) is 6.62. The first-order valence-electron chi connectivity index (χ1n) is 8.23. The van der Waals surface area contributed by atoms with Crippen LogP contribution in [0.4, 0.5) is 5.69 Å². The van der Waals surface area contributed by atoms with Gasteiger partial charge in [-0.05, 0) is 60.0 Å². The topological polar surface area (TPSA) is 33.6 Å². The number of halogens is 3. The molecular weight excluding hydrogens is 403 g/mol. The molecule has 3 aromatic rings. The molecule has 0 saturated heterocycles. The third-order valence-electron chi connectivity index (χ3n) is 3.83. The first-order chi connectivity index (χ1) is 13.0. The summed E-state index contributed by atoms with van der Waals surface area (Å²) in [6, 6.07) is 18.8. The maximum Gasteiger partial charge on any atom is 0.120 e. The molecule has 0 atom stereocenters. The second-order valence-corrected chi connectivity index (χ2v) is 7.17. The predicted molar refractivity (Wildman–Crippen MR) is 115 cm³/mol. The molecule has 0 aliphatic carbocycles. The lowest BCUT2D eigenvalue weighted by molar-refractivity contribution is 0.306. The number of benzene rings is 3. The van der Waals surface area contributed by atoms with Gasteiger partial charge in [0.25, 0.3) is 0 Å². The lowest BCUT2D eigenvalue weighted by atomic mass is 10.2. The van der Waals surface area contributed by atoms with Gasteiger partial charge in [0.15, 0.2) is 0 Å². The van der Waals surface area contributed by atoms with Gasteiger partial charge < -0.3 is 4.74 Å². The fourth-order valence-corrected chi connectivity index (χ4v) is 2.83. The van der Waals surface area contributed by atoms with Crippen molar-refractivity contribution in [3.63, 3.8) is 0 Å². The molecule has 138 valence electrons. The second kappa shape index (κ2) is 9.14. The number of rotatable bonds is 6. The molecule has 0 spiro atoms. The van der Waals surface area contributed by atoms with E-state index in [0.717, 1.165) is 28.1 Å². The van der Waals surface area contributed by atoms with Crippen LogP contribution in [0, 0.1) is 6.92 Å². The van der Waals surface area contributed by atoms with Crippen LogP contribution in [-0.2, 0) is 6.61 Å². The molecule has 0 fully saturated rings. The molecule has 27 heavy (non-hydrogen) atoms. The standard InChI is InChI=1S/C21H17Cl3N2O/c1-14-5-7-17(11-20(14)23)26-25-12-15-3-2-4-18(9-15)27-13-16-6-8-19(22)21(24)10-16/h2-12,26H,13H2,1H3. The number of ether oxygens (including phenoxy) is 1. The van der Waals surface area contributed by atoms with Gasteiger partial charge in [0.1, 0.15) is 12.4 Å². The Labute approximate surface area is 173 Å². The summed E-state index contributed by atoms with van der Waals surface area (Å²) in [5.74, 6) is 0.739. The van der Waals surface area contributed by atoms with Crippen molar-refractivity contribution in [2.75, 3.05) is 5.43 Å². The van der Waals surface area contributed by atoms with Crippen molar-refractivity contribution in [2.45, 2.75) is 13.5 Å². The molecule has 0 aliphatic heterocycles. The predicted octanol–water partition coefficient (Wildman–Crippen LogP) is 6.98. The first kappa shape index (κ1) is 19.6. The van der Waals surface area contributed by atoms with Crippen LogP contribution in [0.2, 0.25) is 15.1 Å². The highest BCUT2D eigenvalue weighted by molar-refractivity contribution is 6.42. The van der Waals surface area contributed by atoms with Gasteiger partial charge in [-0.25, -0.2) is 0 Å². The van der Waals surface area contributed by atoms with Crippen molar-refractivity contribution in [2.24, 2.45) is 5.10 Å². The zero-order chi connectivity index (χ0) is 19.2. The van der Waals surface area contributed by atoms with Crippen LogP contribution in [0.3, 0.4) is 0 Å². The number of nitrogens with zero attached hydrogens (tertiary/aromatic N) is 1. The summed E-state index contributed by atoms with van der Waals surface area (Å²) >= 11 is 18.1. The highest BCUT2D eigenvalue weighted by Crippen LogP contribution is 2.24. The summed E-state index contributed by atoms with van der Waals surface area (Å²) in [5.41, 5.74) is 6.68. The van der Waals surface area contributed by atoms with E-state index in [1.54, 1.807) is 18.3 Å². The summed E-state index contributed by atoms with van der Waals surface area (Å²) < 4.78 is 5.82. The Hall–Kier alpha value is -2.20. The Balaban J connectivity index is 1.60. The minimum Gasteiger partial charge on any atom is -0.489 e. The highest BCUT2D eigenvalue weighted by atomic mass is 35.5. The fraction of sp³-hybridized carbons (Fsp3) is 0.0952. The van der Waals surface area contributed by atoms with Gasteiger partial charge in [0.2, 0.25) is 0 Å². The molecule has 0 amide bonds. The molecule has 6 heteroatoms. The maximum absolute atomic E-state index is 6.11. The Morgan fingerprint density at radius 1 is 0.926 bits per heavy atom. The van der Waals surface area contributed by atoms with Crippen LogP contribution in [0.15, 0.2) is 65.8 Å². The molecule has 0 saturated carbocycles. The third-order valence-corrected chi connectivity index (χ3v) is 4.97. The monoisotopic (exact) mass is 418 g/mol. The maximum atomic E-state index is 6.11. The summed E-state index contributed by atoms with van der Waals surface area (Å²) in [7, 11) is 0. The summed E-state index contributed by atoms with van der Waals surface area (Å²) in [6.45, 7) is 2.36. The van der Waals surface area contributed by atoms with Crippen molar-refractivity contribution in [1.29, 1.82) is 0 Å². The molecule has 0 aromatic heterocycles. The zero-order valence-corrected chi connectivity index (χ0v) is 16.8.